The normalized spacial score (nSPS) is 18.8. The van der Waals surface area contributed by atoms with Gasteiger partial charge in [0.25, 0.3) is 0 Å². The van der Waals surface area contributed by atoms with Gasteiger partial charge in [0.2, 0.25) is 0 Å². The van der Waals surface area contributed by atoms with Gasteiger partial charge in [-0.25, -0.2) is 4.98 Å². The van der Waals surface area contributed by atoms with Crippen molar-refractivity contribution in [1.82, 2.24) is 9.97 Å². The van der Waals surface area contributed by atoms with Crippen molar-refractivity contribution >= 4 is 34.7 Å². The first kappa shape index (κ1) is 20.9. The molecule has 1 fully saturated rings. The van der Waals surface area contributed by atoms with E-state index in [1.54, 1.807) is 12.4 Å². The van der Waals surface area contributed by atoms with E-state index in [4.69, 9.17) is 28.9 Å². The second kappa shape index (κ2) is 9.65. The monoisotopic (exact) mass is 441 g/mol. The number of nitrogens with one attached hydrogen (secondary N) is 2. The van der Waals surface area contributed by atoms with Crippen molar-refractivity contribution in [2.75, 3.05) is 10.6 Å². The van der Waals surface area contributed by atoms with Gasteiger partial charge in [0.05, 0.1) is 10.7 Å². The quantitative estimate of drug-likeness (QED) is 0.454. The number of benzene rings is 1. The molecule has 3 aromatic rings. The fraction of sp³-hybridized carbons (Fsp3) is 0.304. The first-order valence-corrected chi connectivity index (χ1v) is 10.9. The topological polar surface area (TPSA) is 75.9 Å². The lowest BCUT2D eigenvalue weighted by Crippen LogP contribution is -2.33. The third kappa shape index (κ3) is 5.42. The molecule has 1 saturated carbocycles. The van der Waals surface area contributed by atoms with Crippen LogP contribution in [0.1, 0.15) is 31.2 Å². The number of pyridine rings is 2. The van der Waals surface area contributed by atoms with Crippen molar-refractivity contribution in [2.45, 2.75) is 44.3 Å². The lowest BCUT2D eigenvalue weighted by Gasteiger charge is -2.27. The molecule has 0 aliphatic heterocycles. The van der Waals surface area contributed by atoms with E-state index in [0.29, 0.717) is 23.7 Å². The second-order valence-electron chi connectivity index (χ2n) is 7.75. The molecular weight excluding hydrogens is 417 g/mol. The number of rotatable bonds is 6. The molecule has 5 nitrogen and oxygen atoms in total. The summed E-state index contributed by atoms with van der Waals surface area (Å²) >= 11 is 12.5. The summed E-state index contributed by atoms with van der Waals surface area (Å²) in [4.78, 5) is 8.85. The van der Waals surface area contributed by atoms with E-state index in [1.807, 2.05) is 42.6 Å². The Labute approximate surface area is 187 Å². The average Bonchev–Trinajstić information content (AvgIpc) is 2.75. The minimum atomic E-state index is 0.324. The molecule has 7 heteroatoms. The first-order chi connectivity index (χ1) is 14.6. The number of hydrogen-bond donors (Lipinski definition) is 3. The SMILES string of the molecule is N[C@H]1CC[C@H](Nc2cc(-c3cncc(NCc4cccc(Cl)c4)c3)c(Cl)cn2)CC1. The van der Waals surface area contributed by atoms with Crippen molar-refractivity contribution in [3.05, 3.63) is 70.6 Å². The number of anilines is 2. The van der Waals surface area contributed by atoms with Gasteiger partial charge in [0.15, 0.2) is 0 Å². The Morgan fingerprint density at radius 2 is 1.83 bits per heavy atom. The Morgan fingerprint density at radius 1 is 1.00 bits per heavy atom. The Hall–Kier alpha value is -2.34. The predicted octanol–water partition coefficient (Wildman–Crippen LogP) is 5.74. The van der Waals surface area contributed by atoms with Crippen LogP contribution >= 0.6 is 23.2 Å². The number of hydrogen-bond acceptors (Lipinski definition) is 5. The van der Waals surface area contributed by atoms with Crippen molar-refractivity contribution in [3.63, 3.8) is 0 Å². The van der Waals surface area contributed by atoms with E-state index in [-0.39, 0.29) is 0 Å². The molecule has 0 saturated heterocycles. The number of nitrogens with zero attached hydrogens (tertiary/aromatic N) is 2. The van der Waals surface area contributed by atoms with Gasteiger partial charge < -0.3 is 16.4 Å². The summed E-state index contributed by atoms with van der Waals surface area (Å²) in [6, 6.07) is 12.6. The van der Waals surface area contributed by atoms with Crippen molar-refractivity contribution < 1.29 is 0 Å². The van der Waals surface area contributed by atoms with Gasteiger partial charge in [0.1, 0.15) is 5.82 Å². The minimum Gasteiger partial charge on any atom is -0.380 e. The molecule has 2 heterocycles. The van der Waals surface area contributed by atoms with Crippen LogP contribution in [0.15, 0.2) is 55.0 Å². The predicted molar refractivity (Wildman–Crippen MR) is 125 cm³/mol. The maximum absolute atomic E-state index is 6.47. The van der Waals surface area contributed by atoms with Gasteiger partial charge >= 0.3 is 0 Å². The Balaban J connectivity index is 1.48. The Morgan fingerprint density at radius 3 is 2.63 bits per heavy atom. The molecule has 1 aliphatic rings. The molecule has 1 aromatic carbocycles. The molecule has 0 bridgehead atoms. The number of halogens is 2. The molecular formula is C23H25Cl2N5. The van der Waals surface area contributed by atoms with Gasteiger partial charge in [-0.1, -0.05) is 35.3 Å². The standard InChI is InChI=1S/C23H25Cl2N5/c24-17-3-1-2-15(8-17)11-28-20-9-16(12-27-13-20)21-10-23(29-14-22(21)25)30-19-6-4-18(26)5-7-19/h1-3,8-10,12-14,18-19,28H,4-7,11,26H2,(H,29,30)/t18-,19-. The van der Waals surface area contributed by atoms with E-state index in [2.05, 4.69) is 20.6 Å². The minimum absolute atomic E-state index is 0.324. The zero-order chi connectivity index (χ0) is 20.9. The van der Waals surface area contributed by atoms with Crippen molar-refractivity contribution in [3.8, 4) is 11.1 Å². The molecule has 30 heavy (non-hydrogen) atoms. The molecule has 0 unspecified atom stereocenters. The van der Waals surface area contributed by atoms with Gasteiger partial charge in [-0.3, -0.25) is 4.98 Å². The molecule has 4 N–H and O–H groups in total. The highest BCUT2D eigenvalue weighted by atomic mass is 35.5. The van der Waals surface area contributed by atoms with Crippen LogP contribution in [0.5, 0.6) is 0 Å². The lowest BCUT2D eigenvalue weighted by molar-refractivity contribution is 0.410. The summed E-state index contributed by atoms with van der Waals surface area (Å²) in [5.74, 6) is 0.826. The molecule has 4 rings (SSSR count). The molecule has 0 atom stereocenters. The highest BCUT2D eigenvalue weighted by Gasteiger charge is 2.19. The van der Waals surface area contributed by atoms with Gasteiger partial charge in [-0.15, -0.1) is 0 Å². The largest absolute Gasteiger partial charge is 0.380 e. The van der Waals surface area contributed by atoms with Crippen molar-refractivity contribution in [1.29, 1.82) is 0 Å². The first-order valence-electron chi connectivity index (χ1n) is 10.2. The Kier molecular flexibility index (Phi) is 6.72. The third-order valence-corrected chi connectivity index (χ3v) is 5.95. The summed E-state index contributed by atoms with van der Waals surface area (Å²) in [6.45, 7) is 0.659. The summed E-state index contributed by atoms with van der Waals surface area (Å²) in [5.41, 5.74) is 9.87. The smallest absolute Gasteiger partial charge is 0.126 e. The van der Waals surface area contributed by atoms with Crippen LogP contribution in [-0.2, 0) is 6.54 Å². The highest BCUT2D eigenvalue weighted by molar-refractivity contribution is 6.33. The highest BCUT2D eigenvalue weighted by Crippen LogP contribution is 2.31. The number of aromatic nitrogens is 2. The molecule has 0 amide bonds. The zero-order valence-electron chi connectivity index (χ0n) is 16.6. The fourth-order valence-corrected chi connectivity index (χ4v) is 4.17. The van der Waals surface area contributed by atoms with E-state index in [9.17, 15) is 0 Å². The van der Waals surface area contributed by atoms with Crippen LogP contribution in [0.3, 0.4) is 0 Å². The molecule has 0 spiro atoms. The van der Waals surface area contributed by atoms with Gasteiger partial charge in [-0.2, -0.15) is 0 Å². The van der Waals surface area contributed by atoms with Crippen LogP contribution in [0, 0.1) is 0 Å². The molecule has 1 aliphatic carbocycles. The second-order valence-corrected chi connectivity index (χ2v) is 8.59. The van der Waals surface area contributed by atoms with Crippen LogP contribution in [0.25, 0.3) is 11.1 Å². The van der Waals surface area contributed by atoms with Gasteiger partial charge in [0, 0.05) is 53.4 Å². The maximum Gasteiger partial charge on any atom is 0.126 e. The summed E-state index contributed by atoms with van der Waals surface area (Å²) in [5, 5.41) is 8.25. The van der Waals surface area contributed by atoms with E-state index in [1.165, 1.54) is 0 Å². The van der Waals surface area contributed by atoms with Crippen LogP contribution < -0.4 is 16.4 Å². The number of nitrogens with two attached hydrogens (primary N) is 1. The zero-order valence-corrected chi connectivity index (χ0v) is 18.1. The third-order valence-electron chi connectivity index (χ3n) is 5.41. The van der Waals surface area contributed by atoms with E-state index >= 15 is 0 Å². The fourth-order valence-electron chi connectivity index (χ4n) is 3.75. The lowest BCUT2D eigenvalue weighted by atomic mass is 9.92. The maximum atomic E-state index is 6.47. The summed E-state index contributed by atoms with van der Waals surface area (Å²) < 4.78 is 0. The van der Waals surface area contributed by atoms with Crippen LogP contribution in [0.2, 0.25) is 10.0 Å². The molecule has 156 valence electrons. The molecule has 0 radical (unpaired) electrons. The Bertz CT molecular complexity index is 1000. The van der Waals surface area contributed by atoms with Crippen LogP contribution in [0.4, 0.5) is 11.5 Å². The van der Waals surface area contributed by atoms with Crippen LogP contribution in [-0.4, -0.2) is 22.1 Å². The van der Waals surface area contributed by atoms with Crippen molar-refractivity contribution in [2.24, 2.45) is 5.73 Å². The average molecular weight is 442 g/mol. The summed E-state index contributed by atoms with van der Waals surface area (Å²) in [7, 11) is 0. The van der Waals surface area contributed by atoms with E-state index < -0.39 is 0 Å². The van der Waals surface area contributed by atoms with Gasteiger partial charge in [-0.05, 0) is 55.5 Å². The molecule has 2 aromatic heterocycles. The van der Waals surface area contributed by atoms with E-state index in [0.717, 1.165) is 58.9 Å². The summed E-state index contributed by atoms with van der Waals surface area (Å²) in [6.07, 6.45) is 9.52.